The molecule has 0 bridgehead atoms. The SMILES string of the molecule is CC(NCc1cnc2ccccn12)C1CC1. The zero-order valence-corrected chi connectivity index (χ0v) is 9.56. The molecule has 3 rings (SSSR count). The molecule has 16 heavy (non-hydrogen) atoms. The second-order valence-corrected chi connectivity index (χ2v) is 4.69. The third kappa shape index (κ3) is 1.83. The number of hydrogen-bond acceptors (Lipinski definition) is 2. The predicted octanol–water partition coefficient (Wildman–Crippen LogP) is 2.22. The van der Waals surface area contributed by atoms with E-state index in [0.717, 1.165) is 18.1 Å². The fourth-order valence-corrected chi connectivity index (χ4v) is 2.14. The number of aromatic nitrogens is 2. The van der Waals surface area contributed by atoms with Gasteiger partial charge in [0, 0.05) is 18.8 Å². The minimum atomic E-state index is 0.634. The monoisotopic (exact) mass is 215 g/mol. The van der Waals surface area contributed by atoms with E-state index in [1.54, 1.807) is 0 Å². The Labute approximate surface area is 95.5 Å². The van der Waals surface area contributed by atoms with Crippen LogP contribution in [0.1, 0.15) is 25.5 Å². The van der Waals surface area contributed by atoms with Gasteiger partial charge in [0.2, 0.25) is 0 Å². The second-order valence-electron chi connectivity index (χ2n) is 4.69. The first-order valence-corrected chi connectivity index (χ1v) is 5.99. The van der Waals surface area contributed by atoms with Gasteiger partial charge in [-0.3, -0.25) is 0 Å². The maximum Gasteiger partial charge on any atom is 0.136 e. The summed E-state index contributed by atoms with van der Waals surface area (Å²) in [6.45, 7) is 3.18. The Balaban J connectivity index is 1.73. The largest absolute Gasteiger partial charge is 0.308 e. The average Bonchev–Trinajstić information content (AvgIpc) is 3.08. The molecule has 3 nitrogen and oxygen atoms in total. The lowest BCUT2D eigenvalue weighted by atomic mass is 10.2. The molecule has 84 valence electrons. The third-order valence-corrected chi connectivity index (χ3v) is 3.43. The summed E-state index contributed by atoms with van der Waals surface area (Å²) in [6, 6.07) is 6.73. The first-order valence-electron chi connectivity index (χ1n) is 5.99. The summed E-state index contributed by atoms with van der Waals surface area (Å²) < 4.78 is 2.15. The van der Waals surface area contributed by atoms with Crippen molar-refractivity contribution in [1.29, 1.82) is 0 Å². The van der Waals surface area contributed by atoms with Crippen LogP contribution in [0, 0.1) is 5.92 Å². The molecule has 1 aliphatic carbocycles. The fourth-order valence-electron chi connectivity index (χ4n) is 2.14. The number of rotatable bonds is 4. The molecule has 1 saturated carbocycles. The van der Waals surface area contributed by atoms with Crippen LogP contribution in [-0.4, -0.2) is 15.4 Å². The van der Waals surface area contributed by atoms with E-state index >= 15 is 0 Å². The summed E-state index contributed by atoms with van der Waals surface area (Å²) in [7, 11) is 0. The Morgan fingerprint density at radius 3 is 3.19 bits per heavy atom. The van der Waals surface area contributed by atoms with Crippen LogP contribution in [0.15, 0.2) is 30.6 Å². The molecular formula is C13H17N3. The summed E-state index contributed by atoms with van der Waals surface area (Å²) in [5, 5.41) is 3.58. The molecular weight excluding hydrogens is 198 g/mol. The first-order chi connectivity index (χ1) is 7.84. The highest BCUT2D eigenvalue weighted by molar-refractivity contribution is 5.39. The van der Waals surface area contributed by atoms with Crippen LogP contribution in [0.25, 0.3) is 5.65 Å². The van der Waals surface area contributed by atoms with Crippen molar-refractivity contribution in [2.45, 2.75) is 32.4 Å². The molecule has 2 aromatic heterocycles. The Morgan fingerprint density at radius 2 is 2.38 bits per heavy atom. The van der Waals surface area contributed by atoms with E-state index < -0.39 is 0 Å². The van der Waals surface area contributed by atoms with Crippen molar-refractivity contribution in [3.05, 3.63) is 36.3 Å². The number of hydrogen-bond donors (Lipinski definition) is 1. The van der Waals surface area contributed by atoms with Crippen LogP contribution in [0.2, 0.25) is 0 Å². The van der Waals surface area contributed by atoms with Crippen molar-refractivity contribution >= 4 is 5.65 Å². The lowest BCUT2D eigenvalue weighted by Gasteiger charge is -2.11. The van der Waals surface area contributed by atoms with Crippen molar-refractivity contribution in [3.63, 3.8) is 0 Å². The topological polar surface area (TPSA) is 29.3 Å². The van der Waals surface area contributed by atoms with Gasteiger partial charge in [-0.25, -0.2) is 4.98 Å². The van der Waals surface area contributed by atoms with E-state index in [2.05, 4.69) is 27.8 Å². The highest BCUT2D eigenvalue weighted by Gasteiger charge is 2.27. The molecule has 2 aromatic rings. The standard InChI is InChI=1S/C13H17N3/c1-10(11-5-6-11)14-8-12-9-15-13-4-2-3-7-16(12)13/h2-4,7,9-11,14H,5-6,8H2,1H3. The molecule has 1 aliphatic rings. The molecule has 0 radical (unpaired) electrons. The van der Waals surface area contributed by atoms with E-state index in [0.29, 0.717) is 6.04 Å². The van der Waals surface area contributed by atoms with Gasteiger partial charge in [0.1, 0.15) is 5.65 Å². The minimum Gasteiger partial charge on any atom is -0.308 e. The number of nitrogens with one attached hydrogen (secondary N) is 1. The Morgan fingerprint density at radius 1 is 1.50 bits per heavy atom. The maximum atomic E-state index is 4.38. The van der Waals surface area contributed by atoms with Crippen LogP contribution >= 0.6 is 0 Å². The van der Waals surface area contributed by atoms with Gasteiger partial charge in [-0.15, -0.1) is 0 Å². The summed E-state index contributed by atoms with van der Waals surface area (Å²) in [4.78, 5) is 4.38. The highest BCUT2D eigenvalue weighted by atomic mass is 15.0. The number of fused-ring (bicyclic) bond motifs is 1. The number of pyridine rings is 1. The van der Waals surface area contributed by atoms with Crippen LogP contribution in [-0.2, 0) is 6.54 Å². The molecule has 1 unspecified atom stereocenters. The summed E-state index contributed by atoms with van der Waals surface area (Å²) in [6.07, 6.45) is 6.81. The van der Waals surface area contributed by atoms with Crippen molar-refractivity contribution in [2.75, 3.05) is 0 Å². The highest BCUT2D eigenvalue weighted by Crippen LogP contribution is 2.32. The van der Waals surface area contributed by atoms with Crippen molar-refractivity contribution < 1.29 is 0 Å². The zero-order valence-electron chi connectivity index (χ0n) is 9.56. The zero-order chi connectivity index (χ0) is 11.0. The molecule has 2 heterocycles. The van der Waals surface area contributed by atoms with Gasteiger partial charge in [0.05, 0.1) is 11.9 Å². The molecule has 3 heteroatoms. The molecule has 0 aromatic carbocycles. The normalized spacial score (nSPS) is 17.8. The molecule has 1 fully saturated rings. The van der Waals surface area contributed by atoms with E-state index in [1.165, 1.54) is 18.5 Å². The Kier molecular flexibility index (Phi) is 2.40. The average molecular weight is 215 g/mol. The quantitative estimate of drug-likeness (QED) is 0.847. The molecule has 0 spiro atoms. The summed E-state index contributed by atoms with van der Waals surface area (Å²) in [5.41, 5.74) is 2.27. The van der Waals surface area contributed by atoms with E-state index in [1.807, 2.05) is 24.4 Å². The summed E-state index contributed by atoms with van der Waals surface area (Å²) >= 11 is 0. The Bertz CT molecular complexity index is 485. The molecule has 0 amide bonds. The molecule has 1 atom stereocenters. The van der Waals surface area contributed by atoms with Gasteiger partial charge in [-0.2, -0.15) is 0 Å². The molecule has 0 aliphatic heterocycles. The van der Waals surface area contributed by atoms with E-state index in [-0.39, 0.29) is 0 Å². The van der Waals surface area contributed by atoms with Gasteiger partial charge in [-0.05, 0) is 37.8 Å². The minimum absolute atomic E-state index is 0.634. The van der Waals surface area contributed by atoms with Crippen LogP contribution in [0.5, 0.6) is 0 Å². The van der Waals surface area contributed by atoms with Crippen LogP contribution in [0.4, 0.5) is 0 Å². The lowest BCUT2D eigenvalue weighted by Crippen LogP contribution is -2.27. The first kappa shape index (κ1) is 9.85. The van der Waals surface area contributed by atoms with E-state index in [9.17, 15) is 0 Å². The summed E-state index contributed by atoms with van der Waals surface area (Å²) in [5.74, 6) is 0.902. The molecule has 0 saturated heterocycles. The van der Waals surface area contributed by atoms with Crippen molar-refractivity contribution in [1.82, 2.24) is 14.7 Å². The smallest absolute Gasteiger partial charge is 0.136 e. The van der Waals surface area contributed by atoms with Gasteiger partial charge in [0.15, 0.2) is 0 Å². The Hall–Kier alpha value is -1.35. The van der Waals surface area contributed by atoms with Gasteiger partial charge in [0.25, 0.3) is 0 Å². The number of imidazole rings is 1. The predicted molar refractivity (Wildman–Crippen MR) is 64.2 cm³/mol. The third-order valence-electron chi connectivity index (χ3n) is 3.43. The van der Waals surface area contributed by atoms with Gasteiger partial charge >= 0.3 is 0 Å². The van der Waals surface area contributed by atoms with Gasteiger partial charge < -0.3 is 9.72 Å². The fraction of sp³-hybridized carbons (Fsp3) is 0.462. The van der Waals surface area contributed by atoms with Crippen molar-refractivity contribution in [2.24, 2.45) is 5.92 Å². The van der Waals surface area contributed by atoms with E-state index in [4.69, 9.17) is 0 Å². The molecule has 1 N–H and O–H groups in total. The number of nitrogens with zero attached hydrogens (tertiary/aromatic N) is 2. The maximum absolute atomic E-state index is 4.38. The van der Waals surface area contributed by atoms with Crippen LogP contribution in [0.3, 0.4) is 0 Å². The second kappa shape index (κ2) is 3.91. The van der Waals surface area contributed by atoms with Crippen LogP contribution < -0.4 is 5.32 Å². The van der Waals surface area contributed by atoms with Gasteiger partial charge in [-0.1, -0.05) is 6.07 Å². The van der Waals surface area contributed by atoms with Crippen molar-refractivity contribution in [3.8, 4) is 0 Å². The lowest BCUT2D eigenvalue weighted by molar-refractivity contribution is 0.491.